The Morgan fingerprint density at radius 1 is 1.22 bits per heavy atom. The number of rotatable bonds is 8. The van der Waals surface area contributed by atoms with E-state index in [1.807, 2.05) is 19.0 Å². The third kappa shape index (κ3) is 5.69. The van der Waals surface area contributed by atoms with Gasteiger partial charge < -0.3 is 20.3 Å². The highest BCUT2D eigenvalue weighted by Crippen LogP contribution is 2.32. The Balaban J connectivity index is 1.56. The summed E-state index contributed by atoms with van der Waals surface area (Å²) in [4.78, 5) is 26.7. The average molecular weight is 408 g/mol. The SMILES string of the molecule is CN(C)CCOc1ccc(NC(=O)c2ccc(NC(=O)C3CC3)s2)cc1Cl. The zero-order valence-corrected chi connectivity index (χ0v) is 16.8. The molecule has 144 valence electrons. The van der Waals surface area contributed by atoms with Crippen LogP contribution in [0, 0.1) is 5.92 Å². The van der Waals surface area contributed by atoms with Crippen LogP contribution in [0.1, 0.15) is 22.5 Å². The van der Waals surface area contributed by atoms with Crippen molar-refractivity contribution in [2.24, 2.45) is 5.92 Å². The van der Waals surface area contributed by atoms with Crippen molar-refractivity contribution in [1.82, 2.24) is 4.90 Å². The molecular weight excluding hydrogens is 386 g/mol. The average Bonchev–Trinajstić information content (AvgIpc) is 3.36. The molecule has 1 aromatic heterocycles. The van der Waals surface area contributed by atoms with Crippen LogP contribution in [0.3, 0.4) is 0 Å². The number of nitrogens with one attached hydrogen (secondary N) is 2. The van der Waals surface area contributed by atoms with Crippen molar-refractivity contribution in [3.8, 4) is 5.75 Å². The molecule has 0 atom stereocenters. The number of nitrogens with zero attached hydrogens (tertiary/aromatic N) is 1. The van der Waals surface area contributed by atoms with Gasteiger partial charge in [-0.05, 0) is 57.3 Å². The van der Waals surface area contributed by atoms with Crippen molar-refractivity contribution in [3.05, 3.63) is 40.2 Å². The van der Waals surface area contributed by atoms with Crippen molar-refractivity contribution in [2.45, 2.75) is 12.8 Å². The van der Waals surface area contributed by atoms with E-state index in [1.54, 1.807) is 30.3 Å². The summed E-state index contributed by atoms with van der Waals surface area (Å²) in [6.45, 7) is 1.32. The maximum absolute atomic E-state index is 12.4. The van der Waals surface area contributed by atoms with Gasteiger partial charge in [0.15, 0.2) is 0 Å². The van der Waals surface area contributed by atoms with Gasteiger partial charge in [-0.3, -0.25) is 9.59 Å². The van der Waals surface area contributed by atoms with Gasteiger partial charge in [-0.2, -0.15) is 0 Å². The lowest BCUT2D eigenvalue weighted by atomic mass is 10.3. The van der Waals surface area contributed by atoms with Crippen molar-refractivity contribution < 1.29 is 14.3 Å². The molecule has 1 saturated carbocycles. The fourth-order valence-corrected chi connectivity index (χ4v) is 3.36. The van der Waals surface area contributed by atoms with E-state index in [9.17, 15) is 9.59 Å². The predicted molar refractivity (Wildman–Crippen MR) is 109 cm³/mol. The third-order valence-corrected chi connectivity index (χ3v) is 5.30. The van der Waals surface area contributed by atoms with Crippen LogP contribution in [0.4, 0.5) is 10.7 Å². The number of ether oxygens (including phenoxy) is 1. The van der Waals surface area contributed by atoms with E-state index in [4.69, 9.17) is 16.3 Å². The topological polar surface area (TPSA) is 70.7 Å². The van der Waals surface area contributed by atoms with Crippen LogP contribution in [0.25, 0.3) is 0 Å². The van der Waals surface area contributed by atoms with E-state index >= 15 is 0 Å². The second-order valence-corrected chi connectivity index (χ2v) is 8.17. The normalized spacial score (nSPS) is 13.5. The predicted octanol–water partition coefficient (Wildman–Crippen LogP) is 3.94. The van der Waals surface area contributed by atoms with Crippen LogP contribution in [-0.4, -0.2) is 44.0 Å². The Labute approximate surface area is 167 Å². The van der Waals surface area contributed by atoms with Crippen LogP contribution in [0.15, 0.2) is 30.3 Å². The van der Waals surface area contributed by atoms with E-state index in [-0.39, 0.29) is 17.7 Å². The lowest BCUT2D eigenvalue weighted by Gasteiger charge is -2.13. The van der Waals surface area contributed by atoms with Crippen molar-refractivity contribution in [3.63, 3.8) is 0 Å². The third-order valence-electron chi connectivity index (χ3n) is 4.01. The molecule has 0 spiro atoms. The molecule has 1 aliphatic carbocycles. The van der Waals surface area contributed by atoms with Gasteiger partial charge in [-0.25, -0.2) is 0 Å². The van der Waals surface area contributed by atoms with Crippen molar-refractivity contribution in [1.29, 1.82) is 0 Å². The summed E-state index contributed by atoms with van der Waals surface area (Å²) in [6, 6.07) is 8.59. The molecule has 1 heterocycles. The molecule has 0 bridgehead atoms. The van der Waals surface area contributed by atoms with Gasteiger partial charge in [0.25, 0.3) is 5.91 Å². The highest BCUT2D eigenvalue weighted by molar-refractivity contribution is 7.18. The number of hydrogen-bond donors (Lipinski definition) is 2. The number of hydrogen-bond acceptors (Lipinski definition) is 5. The number of carbonyl (C=O) groups is 2. The zero-order valence-electron chi connectivity index (χ0n) is 15.3. The maximum atomic E-state index is 12.4. The van der Waals surface area contributed by atoms with Crippen LogP contribution in [0.5, 0.6) is 5.75 Å². The molecule has 1 aliphatic rings. The molecule has 27 heavy (non-hydrogen) atoms. The zero-order chi connectivity index (χ0) is 19.4. The molecule has 0 unspecified atom stereocenters. The quantitative estimate of drug-likeness (QED) is 0.695. The van der Waals surface area contributed by atoms with Gasteiger partial charge in [0, 0.05) is 18.2 Å². The van der Waals surface area contributed by atoms with Crippen LogP contribution in [-0.2, 0) is 4.79 Å². The molecule has 1 fully saturated rings. The first-order valence-corrected chi connectivity index (χ1v) is 9.91. The Bertz CT molecular complexity index is 833. The standard InChI is InChI=1S/C19H22ClN3O3S/c1-23(2)9-10-26-15-6-5-13(11-14(15)20)21-19(25)16-7-8-17(27-16)22-18(24)12-3-4-12/h5-8,11-12H,3-4,9-10H2,1-2H3,(H,21,25)(H,22,24). The Morgan fingerprint density at radius 2 is 2.00 bits per heavy atom. The molecule has 2 aromatic rings. The van der Waals surface area contributed by atoms with Gasteiger partial charge in [0.2, 0.25) is 5.91 Å². The minimum atomic E-state index is -0.246. The summed E-state index contributed by atoms with van der Waals surface area (Å²) in [5.74, 6) is 0.493. The second kappa shape index (κ2) is 8.73. The lowest BCUT2D eigenvalue weighted by Crippen LogP contribution is -2.19. The van der Waals surface area contributed by atoms with Gasteiger partial charge >= 0.3 is 0 Å². The fraction of sp³-hybridized carbons (Fsp3) is 0.368. The molecule has 1 aromatic carbocycles. The highest BCUT2D eigenvalue weighted by atomic mass is 35.5. The Kier molecular flexibility index (Phi) is 6.36. The van der Waals surface area contributed by atoms with Crippen molar-refractivity contribution >= 4 is 45.4 Å². The molecule has 3 rings (SSSR count). The number of likely N-dealkylation sites (N-methyl/N-ethyl adjacent to an activating group) is 1. The summed E-state index contributed by atoms with van der Waals surface area (Å²) in [5.41, 5.74) is 0.585. The minimum Gasteiger partial charge on any atom is -0.491 e. The summed E-state index contributed by atoms with van der Waals surface area (Å²) < 4.78 is 5.63. The molecule has 8 heteroatoms. The highest BCUT2D eigenvalue weighted by Gasteiger charge is 2.29. The summed E-state index contributed by atoms with van der Waals surface area (Å²) in [6.07, 6.45) is 1.89. The van der Waals surface area contributed by atoms with Gasteiger partial charge in [-0.15, -0.1) is 11.3 Å². The molecule has 0 aliphatic heterocycles. The number of anilines is 2. The van der Waals surface area contributed by atoms with E-state index in [1.165, 1.54) is 11.3 Å². The molecule has 2 amide bonds. The number of halogens is 1. The molecule has 6 nitrogen and oxygen atoms in total. The van der Waals surface area contributed by atoms with E-state index in [2.05, 4.69) is 10.6 Å². The largest absolute Gasteiger partial charge is 0.491 e. The summed E-state index contributed by atoms with van der Waals surface area (Å²) >= 11 is 7.48. The van der Waals surface area contributed by atoms with Crippen molar-refractivity contribution in [2.75, 3.05) is 37.9 Å². The van der Waals surface area contributed by atoms with E-state index in [0.717, 1.165) is 19.4 Å². The second-order valence-electron chi connectivity index (χ2n) is 6.68. The number of amides is 2. The van der Waals surface area contributed by atoms with Gasteiger partial charge in [0.1, 0.15) is 12.4 Å². The summed E-state index contributed by atoms with van der Waals surface area (Å²) in [7, 11) is 3.94. The molecular formula is C19H22ClN3O3S. The number of benzene rings is 1. The fourth-order valence-electron chi connectivity index (χ4n) is 2.32. The first-order valence-electron chi connectivity index (χ1n) is 8.71. The van der Waals surface area contributed by atoms with E-state index < -0.39 is 0 Å². The Morgan fingerprint density at radius 3 is 2.67 bits per heavy atom. The van der Waals surface area contributed by atoms with Crippen LogP contribution >= 0.6 is 22.9 Å². The maximum Gasteiger partial charge on any atom is 0.265 e. The molecule has 2 N–H and O–H groups in total. The van der Waals surface area contributed by atoms with Gasteiger partial charge in [-0.1, -0.05) is 11.6 Å². The number of carbonyl (C=O) groups excluding carboxylic acids is 2. The molecule has 0 saturated heterocycles. The first kappa shape index (κ1) is 19.7. The van der Waals surface area contributed by atoms with E-state index in [0.29, 0.717) is 32.9 Å². The Hall–Kier alpha value is -2.09. The van der Waals surface area contributed by atoms with Crippen LogP contribution < -0.4 is 15.4 Å². The minimum absolute atomic E-state index is 0.0282. The monoisotopic (exact) mass is 407 g/mol. The van der Waals surface area contributed by atoms with Crippen LogP contribution in [0.2, 0.25) is 5.02 Å². The summed E-state index contributed by atoms with van der Waals surface area (Å²) in [5, 5.41) is 6.78. The van der Waals surface area contributed by atoms with Gasteiger partial charge in [0.05, 0.1) is 14.9 Å². The number of thiophene rings is 1. The smallest absolute Gasteiger partial charge is 0.265 e. The lowest BCUT2D eigenvalue weighted by molar-refractivity contribution is -0.117. The molecule has 0 radical (unpaired) electrons. The first-order chi connectivity index (χ1) is 12.9.